The molecule has 25 heavy (non-hydrogen) atoms. The van der Waals surface area contributed by atoms with Crippen LogP contribution in [0.3, 0.4) is 0 Å². The molecule has 4 nitrogen and oxygen atoms in total. The Balaban J connectivity index is 2.13. The maximum absolute atomic E-state index is 13.1. The van der Waals surface area contributed by atoms with E-state index in [1.807, 2.05) is 30.3 Å². The SMILES string of the molecule is COC(=O)C(C)CN(CCc1ccccc1)C(=O)c1ccc(F)cc1. The molecule has 0 spiro atoms. The van der Waals surface area contributed by atoms with E-state index in [2.05, 4.69) is 0 Å². The van der Waals surface area contributed by atoms with E-state index in [4.69, 9.17) is 4.74 Å². The molecule has 132 valence electrons. The first-order valence-corrected chi connectivity index (χ1v) is 8.18. The van der Waals surface area contributed by atoms with Crippen molar-refractivity contribution in [3.05, 3.63) is 71.5 Å². The maximum atomic E-state index is 13.1. The number of ether oxygens (including phenoxy) is 1. The smallest absolute Gasteiger partial charge is 0.310 e. The number of esters is 1. The maximum Gasteiger partial charge on any atom is 0.310 e. The van der Waals surface area contributed by atoms with Crippen molar-refractivity contribution in [2.45, 2.75) is 13.3 Å². The minimum absolute atomic E-state index is 0.230. The molecule has 0 fully saturated rings. The van der Waals surface area contributed by atoms with Crippen molar-refractivity contribution < 1.29 is 18.7 Å². The first-order valence-electron chi connectivity index (χ1n) is 8.18. The summed E-state index contributed by atoms with van der Waals surface area (Å²) in [5.74, 6) is -1.43. The Morgan fingerprint density at radius 2 is 1.72 bits per heavy atom. The van der Waals surface area contributed by atoms with Crippen LogP contribution < -0.4 is 0 Å². The summed E-state index contributed by atoms with van der Waals surface area (Å²) in [6.07, 6.45) is 0.668. The van der Waals surface area contributed by atoms with Gasteiger partial charge in [0.2, 0.25) is 0 Å². The topological polar surface area (TPSA) is 46.6 Å². The van der Waals surface area contributed by atoms with Crippen LogP contribution in [0, 0.1) is 11.7 Å². The molecular weight excluding hydrogens is 321 g/mol. The predicted molar refractivity (Wildman–Crippen MR) is 93.6 cm³/mol. The molecule has 0 aliphatic carbocycles. The number of amides is 1. The number of benzene rings is 2. The van der Waals surface area contributed by atoms with Gasteiger partial charge in [0.1, 0.15) is 5.82 Å². The van der Waals surface area contributed by atoms with Gasteiger partial charge in [0, 0.05) is 18.7 Å². The fourth-order valence-corrected chi connectivity index (χ4v) is 2.57. The van der Waals surface area contributed by atoms with Gasteiger partial charge in [0.15, 0.2) is 0 Å². The van der Waals surface area contributed by atoms with Crippen molar-refractivity contribution in [2.75, 3.05) is 20.2 Å². The van der Waals surface area contributed by atoms with E-state index in [1.54, 1.807) is 11.8 Å². The summed E-state index contributed by atoms with van der Waals surface area (Å²) < 4.78 is 17.8. The normalized spacial score (nSPS) is 11.6. The van der Waals surface area contributed by atoms with Crippen molar-refractivity contribution in [3.8, 4) is 0 Å². The number of carbonyl (C=O) groups excluding carboxylic acids is 2. The average molecular weight is 343 g/mol. The second-order valence-electron chi connectivity index (χ2n) is 5.92. The molecule has 0 saturated carbocycles. The second-order valence-corrected chi connectivity index (χ2v) is 5.92. The van der Waals surface area contributed by atoms with Crippen LogP contribution >= 0.6 is 0 Å². The van der Waals surface area contributed by atoms with Gasteiger partial charge in [-0.2, -0.15) is 0 Å². The van der Waals surface area contributed by atoms with Crippen LogP contribution in [-0.2, 0) is 16.0 Å². The van der Waals surface area contributed by atoms with Crippen LogP contribution in [0.2, 0.25) is 0 Å². The lowest BCUT2D eigenvalue weighted by atomic mass is 10.1. The van der Waals surface area contributed by atoms with Crippen molar-refractivity contribution in [1.82, 2.24) is 4.90 Å². The summed E-state index contributed by atoms with van der Waals surface area (Å²) in [5, 5.41) is 0. The number of methoxy groups -OCH3 is 1. The molecule has 0 saturated heterocycles. The zero-order valence-corrected chi connectivity index (χ0v) is 14.4. The summed E-state index contributed by atoms with van der Waals surface area (Å²) in [7, 11) is 1.33. The third-order valence-electron chi connectivity index (χ3n) is 3.99. The zero-order chi connectivity index (χ0) is 18.2. The van der Waals surface area contributed by atoms with E-state index in [-0.39, 0.29) is 18.4 Å². The van der Waals surface area contributed by atoms with E-state index < -0.39 is 11.7 Å². The van der Waals surface area contributed by atoms with Gasteiger partial charge in [0.05, 0.1) is 13.0 Å². The highest BCUT2D eigenvalue weighted by Gasteiger charge is 2.22. The highest BCUT2D eigenvalue weighted by atomic mass is 19.1. The quantitative estimate of drug-likeness (QED) is 0.725. The zero-order valence-electron chi connectivity index (χ0n) is 14.4. The van der Waals surface area contributed by atoms with E-state index in [0.29, 0.717) is 18.5 Å². The van der Waals surface area contributed by atoms with Crippen LogP contribution in [0.15, 0.2) is 54.6 Å². The molecule has 0 radical (unpaired) electrons. The van der Waals surface area contributed by atoms with Gasteiger partial charge in [-0.25, -0.2) is 4.39 Å². The summed E-state index contributed by atoms with van der Waals surface area (Å²) >= 11 is 0. The largest absolute Gasteiger partial charge is 0.469 e. The number of rotatable bonds is 7. The first kappa shape index (κ1) is 18.6. The summed E-state index contributed by atoms with van der Waals surface area (Å²) in [5.41, 5.74) is 1.50. The predicted octanol–water partition coefficient (Wildman–Crippen LogP) is 3.32. The number of halogens is 1. The van der Waals surface area contributed by atoms with Crippen LogP contribution in [0.1, 0.15) is 22.8 Å². The van der Waals surface area contributed by atoms with E-state index >= 15 is 0 Å². The molecule has 0 aromatic heterocycles. The van der Waals surface area contributed by atoms with E-state index in [1.165, 1.54) is 31.4 Å². The lowest BCUT2D eigenvalue weighted by Crippen LogP contribution is -2.38. The lowest BCUT2D eigenvalue weighted by molar-refractivity contribution is -0.145. The van der Waals surface area contributed by atoms with Gasteiger partial charge in [-0.15, -0.1) is 0 Å². The van der Waals surface area contributed by atoms with Gasteiger partial charge >= 0.3 is 5.97 Å². The summed E-state index contributed by atoms with van der Waals surface area (Å²) in [6.45, 7) is 2.43. The first-order chi connectivity index (χ1) is 12.0. The molecule has 2 rings (SSSR count). The highest BCUT2D eigenvalue weighted by Crippen LogP contribution is 2.12. The Kier molecular flexibility index (Phi) is 6.69. The van der Waals surface area contributed by atoms with Gasteiger partial charge in [0.25, 0.3) is 5.91 Å². The minimum Gasteiger partial charge on any atom is -0.469 e. The third kappa shape index (κ3) is 5.41. The summed E-state index contributed by atoms with van der Waals surface area (Å²) in [6, 6.07) is 15.2. The van der Waals surface area contributed by atoms with Crippen LogP contribution in [0.25, 0.3) is 0 Å². The molecular formula is C20H22FNO3. The third-order valence-corrected chi connectivity index (χ3v) is 3.99. The Morgan fingerprint density at radius 3 is 2.32 bits per heavy atom. The summed E-state index contributed by atoms with van der Waals surface area (Å²) in [4.78, 5) is 26.1. The van der Waals surface area contributed by atoms with Gasteiger partial charge in [-0.05, 0) is 36.2 Å². The highest BCUT2D eigenvalue weighted by molar-refractivity contribution is 5.94. The van der Waals surface area contributed by atoms with Gasteiger partial charge in [-0.1, -0.05) is 37.3 Å². The van der Waals surface area contributed by atoms with E-state index in [0.717, 1.165) is 5.56 Å². The molecule has 1 unspecified atom stereocenters. The minimum atomic E-state index is -0.440. The Morgan fingerprint density at radius 1 is 1.08 bits per heavy atom. The molecule has 5 heteroatoms. The van der Waals surface area contributed by atoms with Crippen molar-refractivity contribution >= 4 is 11.9 Å². The molecule has 1 atom stereocenters. The van der Waals surface area contributed by atoms with Crippen LogP contribution in [-0.4, -0.2) is 37.0 Å². The van der Waals surface area contributed by atoms with Crippen LogP contribution in [0.4, 0.5) is 4.39 Å². The van der Waals surface area contributed by atoms with Crippen molar-refractivity contribution in [3.63, 3.8) is 0 Å². The van der Waals surface area contributed by atoms with Crippen molar-refractivity contribution in [1.29, 1.82) is 0 Å². The number of nitrogens with zero attached hydrogens (tertiary/aromatic N) is 1. The lowest BCUT2D eigenvalue weighted by Gasteiger charge is -2.25. The fraction of sp³-hybridized carbons (Fsp3) is 0.300. The fourth-order valence-electron chi connectivity index (χ4n) is 2.57. The Labute approximate surface area is 147 Å². The average Bonchev–Trinajstić information content (AvgIpc) is 2.65. The van der Waals surface area contributed by atoms with Gasteiger partial charge < -0.3 is 9.64 Å². The molecule has 2 aromatic carbocycles. The number of carbonyl (C=O) groups is 2. The van der Waals surface area contributed by atoms with Crippen LogP contribution in [0.5, 0.6) is 0 Å². The monoisotopic (exact) mass is 343 g/mol. The molecule has 1 amide bonds. The number of hydrogen-bond donors (Lipinski definition) is 0. The number of hydrogen-bond acceptors (Lipinski definition) is 3. The molecule has 0 aliphatic rings. The second kappa shape index (κ2) is 8.97. The molecule has 0 N–H and O–H groups in total. The Bertz CT molecular complexity index is 701. The van der Waals surface area contributed by atoms with E-state index in [9.17, 15) is 14.0 Å². The molecule has 0 aliphatic heterocycles. The molecule has 2 aromatic rings. The van der Waals surface area contributed by atoms with Gasteiger partial charge in [-0.3, -0.25) is 9.59 Å². The standard InChI is InChI=1S/C20H22FNO3/c1-15(20(24)25-2)14-22(13-12-16-6-4-3-5-7-16)19(23)17-8-10-18(21)11-9-17/h3-11,15H,12-14H2,1-2H3. The van der Waals surface area contributed by atoms with Crippen molar-refractivity contribution in [2.24, 2.45) is 5.92 Å². The molecule has 0 bridgehead atoms. The molecule has 0 heterocycles. The Hall–Kier alpha value is -2.69.